The van der Waals surface area contributed by atoms with Gasteiger partial charge in [0.15, 0.2) is 5.82 Å². The van der Waals surface area contributed by atoms with Gasteiger partial charge in [-0.3, -0.25) is 4.68 Å². The van der Waals surface area contributed by atoms with Crippen molar-refractivity contribution >= 4 is 17.5 Å². The maximum atomic E-state index is 6.06. The summed E-state index contributed by atoms with van der Waals surface area (Å²) in [7, 11) is 0. The molecule has 0 aromatic carbocycles. The normalized spacial score (nSPS) is 15.0. The smallest absolute Gasteiger partial charge is 0.230 e. The molecule has 0 unspecified atom stereocenters. The number of anilines is 1. The molecule has 1 saturated heterocycles. The fourth-order valence-corrected chi connectivity index (χ4v) is 2.58. The molecule has 0 atom stereocenters. The van der Waals surface area contributed by atoms with Crippen LogP contribution in [0.2, 0.25) is 5.28 Å². The molecule has 1 aliphatic rings. The zero-order valence-corrected chi connectivity index (χ0v) is 12.2. The summed E-state index contributed by atoms with van der Waals surface area (Å²) in [5.74, 6) is 1.26. The Morgan fingerprint density at radius 2 is 2.00 bits per heavy atom. The summed E-state index contributed by atoms with van der Waals surface area (Å²) in [5.41, 5.74) is 0.886. The van der Waals surface area contributed by atoms with Crippen LogP contribution < -0.4 is 4.90 Å². The highest BCUT2D eigenvalue weighted by molar-refractivity contribution is 6.28. The molecule has 0 N–H and O–H groups in total. The quantitative estimate of drug-likeness (QED) is 0.866. The minimum Gasteiger partial charge on any atom is -0.341 e. The number of nitrogens with zero attached hydrogens (tertiary/aromatic N) is 6. The van der Waals surface area contributed by atoms with Gasteiger partial charge in [-0.1, -0.05) is 6.92 Å². The fourth-order valence-electron chi connectivity index (χ4n) is 2.43. The molecule has 7 heteroatoms. The van der Waals surface area contributed by atoms with Crippen LogP contribution in [0, 0.1) is 0 Å². The Labute approximate surface area is 122 Å². The maximum Gasteiger partial charge on any atom is 0.230 e. The van der Waals surface area contributed by atoms with E-state index in [1.54, 1.807) is 6.20 Å². The van der Waals surface area contributed by atoms with Gasteiger partial charge < -0.3 is 4.90 Å². The number of aryl methyl sites for hydroxylation is 1. The summed E-state index contributed by atoms with van der Waals surface area (Å²) in [6, 6.07) is 1.91. The van der Waals surface area contributed by atoms with E-state index < -0.39 is 0 Å². The zero-order valence-electron chi connectivity index (χ0n) is 11.5. The largest absolute Gasteiger partial charge is 0.341 e. The van der Waals surface area contributed by atoms with Gasteiger partial charge >= 0.3 is 0 Å². The van der Waals surface area contributed by atoms with Gasteiger partial charge in [0, 0.05) is 25.8 Å². The molecule has 0 spiro atoms. The minimum absolute atomic E-state index is 0.237. The molecular formula is C13H17ClN6. The first-order valence-corrected chi connectivity index (χ1v) is 7.34. The van der Waals surface area contributed by atoms with Crippen LogP contribution in [-0.4, -0.2) is 37.8 Å². The summed E-state index contributed by atoms with van der Waals surface area (Å²) < 4.78 is 1.90. The third-order valence-electron chi connectivity index (χ3n) is 3.37. The van der Waals surface area contributed by atoms with E-state index >= 15 is 0 Å². The molecule has 20 heavy (non-hydrogen) atoms. The van der Waals surface area contributed by atoms with E-state index in [1.807, 2.05) is 10.7 Å². The highest BCUT2D eigenvalue weighted by Gasteiger charge is 2.18. The number of hydrogen-bond donors (Lipinski definition) is 0. The number of aromatic nitrogens is 5. The molecule has 3 rings (SSSR count). The lowest BCUT2D eigenvalue weighted by atomic mass is 10.4. The van der Waals surface area contributed by atoms with Crippen molar-refractivity contribution in [2.45, 2.75) is 32.7 Å². The van der Waals surface area contributed by atoms with E-state index in [0.29, 0.717) is 11.8 Å². The third-order valence-corrected chi connectivity index (χ3v) is 3.54. The van der Waals surface area contributed by atoms with Crippen molar-refractivity contribution in [3.8, 4) is 11.5 Å². The highest BCUT2D eigenvalue weighted by atomic mass is 35.5. The van der Waals surface area contributed by atoms with Crippen molar-refractivity contribution in [3.05, 3.63) is 17.5 Å². The summed E-state index contributed by atoms with van der Waals surface area (Å²) >= 11 is 6.06. The van der Waals surface area contributed by atoms with E-state index in [2.05, 4.69) is 31.9 Å². The average Bonchev–Trinajstić information content (AvgIpc) is 3.09. The van der Waals surface area contributed by atoms with E-state index in [4.69, 9.17) is 11.6 Å². The molecule has 0 amide bonds. The van der Waals surface area contributed by atoms with Gasteiger partial charge in [-0.2, -0.15) is 20.1 Å². The van der Waals surface area contributed by atoms with Crippen molar-refractivity contribution in [1.29, 1.82) is 0 Å². The summed E-state index contributed by atoms with van der Waals surface area (Å²) in [4.78, 5) is 15.2. The van der Waals surface area contributed by atoms with Crippen molar-refractivity contribution in [2.24, 2.45) is 0 Å². The van der Waals surface area contributed by atoms with Gasteiger partial charge in [0.2, 0.25) is 11.2 Å². The molecule has 6 nitrogen and oxygen atoms in total. The second-order valence-corrected chi connectivity index (χ2v) is 5.20. The lowest BCUT2D eigenvalue weighted by Gasteiger charge is -2.15. The molecule has 2 aromatic rings. The first-order chi connectivity index (χ1) is 9.78. The number of hydrogen-bond acceptors (Lipinski definition) is 5. The van der Waals surface area contributed by atoms with Crippen LogP contribution in [0.4, 0.5) is 5.95 Å². The predicted molar refractivity (Wildman–Crippen MR) is 77.8 cm³/mol. The van der Waals surface area contributed by atoms with E-state index in [-0.39, 0.29) is 5.28 Å². The predicted octanol–water partition coefficient (Wildman–Crippen LogP) is 2.40. The maximum absolute atomic E-state index is 6.06. The fraction of sp³-hybridized carbons (Fsp3) is 0.538. The Hall–Kier alpha value is -1.69. The van der Waals surface area contributed by atoms with Crippen LogP contribution in [0.3, 0.4) is 0 Å². The van der Waals surface area contributed by atoms with Gasteiger partial charge in [0.05, 0.1) is 0 Å². The van der Waals surface area contributed by atoms with Crippen LogP contribution in [0.5, 0.6) is 0 Å². The monoisotopic (exact) mass is 292 g/mol. The molecule has 0 bridgehead atoms. The van der Waals surface area contributed by atoms with Gasteiger partial charge in [0.25, 0.3) is 0 Å². The Kier molecular flexibility index (Phi) is 3.82. The Morgan fingerprint density at radius 1 is 1.20 bits per heavy atom. The Bertz CT molecular complexity index is 590. The van der Waals surface area contributed by atoms with Crippen LogP contribution in [-0.2, 0) is 6.54 Å². The average molecular weight is 293 g/mol. The van der Waals surface area contributed by atoms with E-state index in [0.717, 1.165) is 31.7 Å². The van der Waals surface area contributed by atoms with E-state index in [9.17, 15) is 0 Å². The zero-order chi connectivity index (χ0) is 13.9. The first kappa shape index (κ1) is 13.3. The minimum atomic E-state index is 0.237. The highest BCUT2D eigenvalue weighted by Crippen LogP contribution is 2.22. The third kappa shape index (κ3) is 2.60. The number of rotatable bonds is 4. The van der Waals surface area contributed by atoms with Gasteiger partial charge in [0.1, 0.15) is 5.69 Å². The Balaban J connectivity index is 1.98. The van der Waals surface area contributed by atoms with Crippen LogP contribution >= 0.6 is 11.6 Å². The summed E-state index contributed by atoms with van der Waals surface area (Å²) in [5, 5.41) is 4.54. The standard InChI is InChI=1S/C13H17ClN6/c1-2-7-20-10(5-6-15-20)11-16-12(14)18-13(17-11)19-8-3-4-9-19/h5-6H,2-4,7-9H2,1H3. The molecular weight excluding hydrogens is 276 g/mol. The lowest BCUT2D eigenvalue weighted by Crippen LogP contribution is -2.21. The van der Waals surface area contributed by atoms with Crippen molar-refractivity contribution in [1.82, 2.24) is 24.7 Å². The molecule has 1 fully saturated rings. The van der Waals surface area contributed by atoms with Crippen molar-refractivity contribution in [3.63, 3.8) is 0 Å². The van der Waals surface area contributed by atoms with Crippen LogP contribution in [0.1, 0.15) is 26.2 Å². The molecule has 2 aromatic heterocycles. The molecule has 1 aliphatic heterocycles. The summed E-state index contributed by atoms with van der Waals surface area (Å²) in [6.07, 6.45) is 5.11. The molecule has 0 aliphatic carbocycles. The Morgan fingerprint density at radius 3 is 2.75 bits per heavy atom. The molecule has 3 heterocycles. The topological polar surface area (TPSA) is 59.7 Å². The van der Waals surface area contributed by atoms with Crippen LogP contribution in [0.15, 0.2) is 12.3 Å². The van der Waals surface area contributed by atoms with Crippen LogP contribution in [0.25, 0.3) is 11.5 Å². The van der Waals surface area contributed by atoms with Gasteiger partial charge in [-0.15, -0.1) is 0 Å². The van der Waals surface area contributed by atoms with Gasteiger partial charge in [-0.25, -0.2) is 0 Å². The first-order valence-electron chi connectivity index (χ1n) is 6.96. The van der Waals surface area contributed by atoms with E-state index in [1.165, 1.54) is 12.8 Å². The van der Waals surface area contributed by atoms with Crippen molar-refractivity contribution < 1.29 is 0 Å². The SMILES string of the molecule is CCCn1nccc1-c1nc(Cl)nc(N2CCCC2)n1. The van der Waals surface area contributed by atoms with Gasteiger partial charge in [-0.05, 0) is 36.9 Å². The molecule has 0 saturated carbocycles. The molecule has 106 valence electrons. The van der Waals surface area contributed by atoms with Crippen molar-refractivity contribution in [2.75, 3.05) is 18.0 Å². The summed E-state index contributed by atoms with van der Waals surface area (Å²) in [6.45, 7) is 4.91. The molecule has 0 radical (unpaired) electrons. The number of halogens is 1. The second-order valence-electron chi connectivity index (χ2n) is 4.86. The lowest BCUT2D eigenvalue weighted by molar-refractivity contribution is 0.606. The second kappa shape index (κ2) is 5.75.